The molecule has 3 rings (SSSR count). The third kappa shape index (κ3) is 3.44. The highest BCUT2D eigenvalue weighted by Crippen LogP contribution is 2.34. The van der Waals surface area contributed by atoms with Crippen molar-refractivity contribution in [1.29, 1.82) is 0 Å². The number of likely N-dealkylation sites (tertiary alicyclic amines) is 1. The maximum atomic E-state index is 14.4. The molecule has 1 aromatic carbocycles. The lowest BCUT2D eigenvalue weighted by Gasteiger charge is -2.16. The number of rotatable bonds is 4. The van der Waals surface area contributed by atoms with E-state index in [4.69, 9.17) is 11.6 Å². The Morgan fingerprint density at radius 3 is 2.48 bits per heavy atom. The van der Waals surface area contributed by atoms with Crippen LogP contribution >= 0.6 is 11.6 Å². The summed E-state index contributed by atoms with van der Waals surface area (Å²) < 4.78 is 30.0. The molecule has 0 N–H and O–H groups in total. The lowest BCUT2D eigenvalue weighted by Crippen LogP contribution is -2.22. The third-order valence-corrected chi connectivity index (χ3v) is 4.51. The maximum Gasteiger partial charge on any atom is 0.269 e. The van der Waals surface area contributed by atoms with Crippen LogP contribution < -0.4 is 5.56 Å². The minimum atomic E-state index is -0.749. The first-order valence-corrected chi connectivity index (χ1v) is 8.56. The van der Waals surface area contributed by atoms with Gasteiger partial charge in [0.25, 0.3) is 5.56 Å². The first kappa shape index (κ1) is 17.6. The normalized spacial score (nSPS) is 14.6. The van der Waals surface area contributed by atoms with E-state index in [-0.39, 0.29) is 28.5 Å². The summed E-state index contributed by atoms with van der Waals surface area (Å²) in [5.41, 5.74) is -0.404. The second-order valence-corrected chi connectivity index (χ2v) is 6.27. The molecule has 1 aliphatic rings. The summed E-state index contributed by atoms with van der Waals surface area (Å²) >= 11 is 6.02. The lowest BCUT2D eigenvalue weighted by molar-refractivity contribution is 0.536. The molecule has 0 unspecified atom stereocenters. The second kappa shape index (κ2) is 7.35. The van der Waals surface area contributed by atoms with E-state index in [1.54, 1.807) is 13.3 Å². The largest absolute Gasteiger partial charge is 0.363 e. The van der Waals surface area contributed by atoms with E-state index in [0.29, 0.717) is 0 Å². The molecule has 1 aliphatic heterocycles. The van der Waals surface area contributed by atoms with E-state index in [0.717, 1.165) is 38.1 Å². The van der Waals surface area contributed by atoms with E-state index in [2.05, 4.69) is 4.99 Å². The van der Waals surface area contributed by atoms with Gasteiger partial charge in [-0.15, -0.1) is 0 Å². The van der Waals surface area contributed by atoms with Gasteiger partial charge in [0.2, 0.25) is 0 Å². The molecule has 0 amide bonds. The molecule has 1 fully saturated rings. The molecule has 132 valence electrons. The van der Waals surface area contributed by atoms with Crippen LogP contribution in [0.15, 0.2) is 34.1 Å². The monoisotopic (exact) mass is 365 g/mol. The van der Waals surface area contributed by atoms with E-state index in [9.17, 15) is 13.6 Å². The van der Waals surface area contributed by atoms with Crippen LogP contribution in [-0.2, 0) is 6.54 Å². The van der Waals surface area contributed by atoms with Gasteiger partial charge in [0.1, 0.15) is 16.7 Å². The number of aliphatic imine (C=N–C) groups is 1. The molecule has 4 nitrogen and oxygen atoms in total. The predicted octanol–water partition coefficient (Wildman–Crippen LogP) is 4.22. The molecule has 7 heteroatoms. The summed E-state index contributed by atoms with van der Waals surface area (Å²) in [5.74, 6) is -1.50. The van der Waals surface area contributed by atoms with Gasteiger partial charge in [-0.3, -0.25) is 4.79 Å². The Balaban J connectivity index is 2.23. The Kier molecular flexibility index (Phi) is 5.18. The van der Waals surface area contributed by atoms with Gasteiger partial charge in [-0.25, -0.2) is 13.8 Å². The number of benzene rings is 1. The highest BCUT2D eigenvalue weighted by molar-refractivity contribution is 6.30. The second-order valence-electron chi connectivity index (χ2n) is 5.86. The van der Waals surface area contributed by atoms with E-state index < -0.39 is 17.2 Å². The molecule has 0 saturated carbocycles. The zero-order chi connectivity index (χ0) is 18.0. The van der Waals surface area contributed by atoms with Gasteiger partial charge in [-0.2, -0.15) is 0 Å². The smallest absolute Gasteiger partial charge is 0.269 e. The fourth-order valence-corrected chi connectivity index (χ4v) is 3.21. The van der Waals surface area contributed by atoms with Crippen LogP contribution in [0.2, 0.25) is 5.02 Å². The van der Waals surface area contributed by atoms with Crippen molar-refractivity contribution in [1.82, 2.24) is 9.47 Å². The molecular weight excluding hydrogens is 348 g/mol. The van der Waals surface area contributed by atoms with Crippen molar-refractivity contribution in [3.8, 4) is 11.3 Å². The summed E-state index contributed by atoms with van der Waals surface area (Å²) in [7, 11) is 0. The van der Waals surface area contributed by atoms with Crippen molar-refractivity contribution >= 4 is 23.6 Å². The van der Waals surface area contributed by atoms with Gasteiger partial charge in [0.15, 0.2) is 0 Å². The van der Waals surface area contributed by atoms with Crippen molar-refractivity contribution in [3.63, 3.8) is 0 Å². The zero-order valence-electron chi connectivity index (χ0n) is 13.8. The average Bonchev–Trinajstić information content (AvgIpc) is 3.10. The quantitative estimate of drug-likeness (QED) is 0.601. The summed E-state index contributed by atoms with van der Waals surface area (Å²) in [6.45, 7) is 3.70. The number of hydrogen-bond acceptors (Lipinski definition) is 2. The first-order chi connectivity index (χ1) is 12.0. The van der Waals surface area contributed by atoms with E-state index in [1.807, 2.05) is 4.90 Å². The maximum absolute atomic E-state index is 14.4. The van der Waals surface area contributed by atoms with Crippen LogP contribution in [0.1, 0.15) is 19.8 Å². The first-order valence-electron chi connectivity index (χ1n) is 8.19. The Hall–Kier alpha value is -2.21. The molecule has 1 aromatic heterocycles. The molecule has 0 atom stereocenters. The molecule has 0 aliphatic carbocycles. The third-order valence-electron chi connectivity index (χ3n) is 4.24. The van der Waals surface area contributed by atoms with Crippen LogP contribution in [0.5, 0.6) is 0 Å². The topological polar surface area (TPSA) is 37.6 Å². The van der Waals surface area contributed by atoms with Gasteiger partial charge in [0, 0.05) is 19.6 Å². The Labute approximate surface area is 149 Å². The standard InChI is InChI=1S/C18H18ClF2N3O/c1-2-24-17(16-13(20)6-5-7-14(16)21)15(10-12(19)18(24)25)22-11-23-8-3-4-9-23/h5-7,10-11H,2-4,8-9H2,1H3/b22-11-. The minimum Gasteiger partial charge on any atom is -0.363 e. The Morgan fingerprint density at radius 1 is 1.24 bits per heavy atom. The molecule has 0 radical (unpaired) electrons. The van der Waals surface area contributed by atoms with Crippen molar-refractivity contribution in [2.45, 2.75) is 26.3 Å². The molecular formula is C18H18ClF2N3O. The van der Waals surface area contributed by atoms with Crippen molar-refractivity contribution in [2.75, 3.05) is 13.1 Å². The Bertz CT molecular complexity index is 853. The summed E-state index contributed by atoms with van der Waals surface area (Å²) in [6.07, 6.45) is 3.80. The highest BCUT2D eigenvalue weighted by atomic mass is 35.5. The van der Waals surface area contributed by atoms with Gasteiger partial charge in [0.05, 0.1) is 23.3 Å². The lowest BCUT2D eigenvalue weighted by atomic mass is 10.1. The van der Waals surface area contributed by atoms with E-state index in [1.165, 1.54) is 16.7 Å². The molecule has 0 spiro atoms. The zero-order valence-corrected chi connectivity index (χ0v) is 14.6. The summed E-state index contributed by atoms with van der Waals surface area (Å²) in [4.78, 5) is 18.8. The van der Waals surface area contributed by atoms with Gasteiger partial charge < -0.3 is 9.47 Å². The van der Waals surface area contributed by atoms with Crippen LogP contribution in [-0.4, -0.2) is 28.9 Å². The number of hydrogen-bond donors (Lipinski definition) is 0. The SMILES string of the molecule is CCn1c(-c2c(F)cccc2F)c(/N=C\N2CCCC2)cc(Cl)c1=O. The predicted molar refractivity (Wildman–Crippen MR) is 95.7 cm³/mol. The molecule has 1 saturated heterocycles. The fraction of sp³-hybridized carbons (Fsp3) is 0.333. The molecule has 25 heavy (non-hydrogen) atoms. The summed E-state index contributed by atoms with van der Waals surface area (Å²) in [6, 6.07) is 4.96. The highest BCUT2D eigenvalue weighted by Gasteiger charge is 2.21. The number of nitrogens with zero attached hydrogens (tertiary/aromatic N) is 3. The number of pyridine rings is 1. The molecule has 2 aromatic rings. The molecule has 0 bridgehead atoms. The molecule has 2 heterocycles. The minimum absolute atomic E-state index is 0.0316. The fourth-order valence-electron chi connectivity index (χ4n) is 3.01. The number of aromatic nitrogens is 1. The van der Waals surface area contributed by atoms with Gasteiger partial charge >= 0.3 is 0 Å². The summed E-state index contributed by atoms with van der Waals surface area (Å²) in [5, 5.41) is -0.0316. The van der Waals surface area contributed by atoms with Crippen LogP contribution in [0.3, 0.4) is 0 Å². The van der Waals surface area contributed by atoms with Crippen molar-refractivity contribution < 1.29 is 8.78 Å². The van der Waals surface area contributed by atoms with Crippen LogP contribution in [0, 0.1) is 11.6 Å². The van der Waals surface area contributed by atoms with Gasteiger partial charge in [-0.1, -0.05) is 17.7 Å². The van der Waals surface area contributed by atoms with Crippen LogP contribution in [0.25, 0.3) is 11.3 Å². The van der Waals surface area contributed by atoms with Crippen molar-refractivity contribution in [2.24, 2.45) is 4.99 Å². The number of halogens is 3. The van der Waals surface area contributed by atoms with Crippen molar-refractivity contribution in [3.05, 3.63) is 51.3 Å². The van der Waals surface area contributed by atoms with Crippen LogP contribution in [0.4, 0.5) is 14.5 Å². The average molecular weight is 366 g/mol. The van der Waals surface area contributed by atoms with Gasteiger partial charge in [-0.05, 0) is 38.0 Å². The Morgan fingerprint density at radius 2 is 1.88 bits per heavy atom. The van der Waals surface area contributed by atoms with E-state index >= 15 is 0 Å².